The van der Waals surface area contributed by atoms with Gasteiger partial charge in [0.1, 0.15) is 0 Å². The van der Waals surface area contributed by atoms with E-state index < -0.39 is 0 Å². The highest BCUT2D eigenvalue weighted by Gasteiger charge is 2.40. The van der Waals surface area contributed by atoms with Gasteiger partial charge in [0, 0.05) is 11.6 Å². The summed E-state index contributed by atoms with van der Waals surface area (Å²) in [5.41, 5.74) is 6.49. The van der Waals surface area contributed by atoms with Gasteiger partial charge in [-0.1, -0.05) is 36.6 Å². The lowest BCUT2D eigenvalue weighted by Gasteiger charge is -2.28. The lowest BCUT2D eigenvalue weighted by atomic mass is 9.85. The summed E-state index contributed by atoms with van der Waals surface area (Å²) < 4.78 is 0. The van der Waals surface area contributed by atoms with Crippen molar-refractivity contribution in [2.24, 2.45) is 11.1 Å². The predicted octanol–water partition coefficient (Wildman–Crippen LogP) is 3.04. The number of amides is 1. The summed E-state index contributed by atoms with van der Waals surface area (Å²) in [5.74, 6) is 0.0833. The highest BCUT2D eigenvalue weighted by Crippen LogP contribution is 2.37. The highest BCUT2D eigenvalue weighted by atomic mass is 35.5. The van der Waals surface area contributed by atoms with Crippen LogP contribution in [0.5, 0.6) is 0 Å². The van der Waals surface area contributed by atoms with Crippen molar-refractivity contribution in [2.75, 3.05) is 6.54 Å². The van der Waals surface area contributed by atoms with E-state index in [0.29, 0.717) is 11.6 Å². The first kappa shape index (κ1) is 14.4. The third-order valence-electron chi connectivity index (χ3n) is 4.13. The molecule has 1 aliphatic rings. The van der Waals surface area contributed by atoms with Crippen LogP contribution in [0.2, 0.25) is 5.02 Å². The third-order valence-corrected chi connectivity index (χ3v) is 4.36. The molecule has 0 saturated heterocycles. The first-order valence-corrected chi connectivity index (χ1v) is 7.22. The molecule has 1 aliphatic carbocycles. The molecule has 19 heavy (non-hydrogen) atoms. The van der Waals surface area contributed by atoms with Crippen LogP contribution in [0.15, 0.2) is 24.3 Å². The predicted molar refractivity (Wildman–Crippen MR) is 78.0 cm³/mol. The second kappa shape index (κ2) is 5.93. The molecule has 0 radical (unpaired) electrons. The summed E-state index contributed by atoms with van der Waals surface area (Å²) in [6.45, 7) is 2.41. The van der Waals surface area contributed by atoms with Crippen LogP contribution in [0.1, 0.15) is 44.2 Å². The lowest BCUT2D eigenvalue weighted by Crippen LogP contribution is -2.44. The summed E-state index contributed by atoms with van der Waals surface area (Å²) in [4.78, 5) is 12.4. The molecule has 1 saturated carbocycles. The second-order valence-electron chi connectivity index (χ2n) is 5.44. The Hall–Kier alpha value is -1.06. The molecule has 0 unspecified atom stereocenters. The zero-order chi connectivity index (χ0) is 13.9. The largest absolute Gasteiger partial charge is 0.349 e. The minimum absolute atomic E-state index is 0.0461. The summed E-state index contributed by atoms with van der Waals surface area (Å²) in [6, 6.07) is 7.54. The van der Waals surface area contributed by atoms with E-state index in [2.05, 4.69) is 5.32 Å². The molecule has 0 spiro atoms. The molecule has 1 aromatic rings. The average Bonchev–Trinajstić information content (AvgIpc) is 2.88. The number of hydrogen-bond acceptors (Lipinski definition) is 2. The van der Waals surface area contributed by atoms with Crippen molar-refractivity contribution in [2.45, 2.75) is 38.6 Å². The molecule has 1 atom stereocenters. The molecule has 2 rings (SSSR count). The average molecular weight is 281 g/mol. The number of carbonyl (C=O) groups excluding carboxylic acids is 1. The molecule has 1 aromatic carbocycles. The molecule has 4 heteroatoms. The smallest absolute Gasteiger partial charge is 0.227 e. The van der Waals surface area contributed by atoms with E-state index in [1.165, 1.54) is 0 Å². The number of carbonyl (C=O) groups is 1. The molecular weight excluding hydrogens is 260 g/mol. The number of rotatable bonds is 4. The molecule has 0 heterocycles. The maximum Gasteiger partial charge on any atom is 0.227 e. The van der Waals surface area contributed by atoms with Gasteiger partial charge in [-0.3, -0.25) is 4.79 Å². The Labute approximate surface area is 119 Å². The van der Waals surface area contributed by atoms with Crippen molar-refractivity contribution in [3.05, 3.63) is 34.9 Å². The maximum atomic E-state index is 12.4. The quantitative estimate of drug-likeness (QED) is 0.891. The zero-order valence-electron chi connectivity index (χ0n) is 11.3. The Balaban J connectivity index is 2.06. The van der Waals surface area contributed by atoms with Crippen molar-refractivity contribution < 1.29 is 4.79 Å². The molecule has 3 nitrogen and oxygen atoms in total. The Morgan fingerprint density at radius 2 is 2.16 bits per heavy atom. The van der Waals surface area contributed by atoms with Gasteiger partial charge in [0.25, 0.3) is 0 Å². The minimum Gasteiger partial charge on any atom is -0.349 e. The monoisotopic (exact) mass is 280 g/mol. The number of benzene rings is 1. The second-order valence-corrected chi connectivity index (χ2v) is 5.88. The zero-order valence-corrected chi connectivity index (χ0v) is 12.0. The summed E-state index contributed by atoms with van der Waals surface area (Å²) in [7, 11) is 0. The van der Waals surface area contributed by atoms with E-state index in [1.807, 2.05) is 31.2 Å². The van der Waals surface area contributed by atoms with Crippen LogP contribution in [0.4, 0.5) is 0 Å². The van der Waals surface area contributed by atoms with Gasteiger partial charge < -0.3 is 11.1 Å². The van der Waals surface area contributed by atoms with Gasteiger partial charge in [-0.2, -0.15) is 0 Å². The van der Waals surface area contributed by atoms with Crippen LogP contribution in [-0.2, 0) is 4.79 Å². The number of halogens is 1. The van der Waals surface area contributed by atoms with E-state index in [-0.39, 0.29) is 17.4 Å². The molecular formula is C15H21ClN2O. The van der Waals surface area contributed by atoms with Crippen LogP contribution < -0.4 is 11.1 Å². The van der Waals surface area contributed by atoms with Crippen molar-refractivity contribution in [3.8, 4) is 0 Å². The summed E-state index contributed by atoms with van der Waals surface area (Å²) >= 11 is 5.97. The minimum atomic E-state index is -0.354. The van der Waals surface area contributed by atoms with Crippen molar-refractivity contribution >= 4 is 17.5 Å². The topological polar surface area (TPSA) is 55.1 Å². The summed E-state index contributed by atoms with van der Waals surface area (Å²) in [5, 5.41) is 3.77. The molecule has 3 N–H and O–H groups in total. The third kappa shape index (κ3) is 3.10. The van der Waals surface area contributed by atoms with E-state index in [0.717, 1.165) is 31.2 Å². The Morgan fingerprint density at radius 1 is 1.47 bits per heavy atom. The van der Waals surface area contributed by atoms with Crippen molar-refractivity contribution in [3.63, 3.8) is 0 Å². The Morgan fingerprint density at radius 3 is 2.74 bits per heavy atom. The van der Waals surface area contributed by atoms with Gasteiger partial charge in [-0.25, -0.2) is 0 Å². The van der Waals surface area contributed by atoms with Gasteiger partial charge >= 0.3 is 0 Å². The Kier molecular flexibility index (Phi) is 4.48. The first-order chi connectivity index (χ1) is 9.07. The molecule has 104 valence electrons. The first-order valence-electron chi connectivity index (χ1n) is 6.84. The number of hydrogen-bond donors (Lipinski definition) is 2. The fourth-order valence-corrected chi connectivity index (χ4v) is 2.98. The van der Waals surface area contributed by atoms with Gasteiger partial charge in [-0.15, -0.1) is 0 Å². The van der Waals surface area contributed by atoms with Gasteiger partial charge in [0.2, 0.25) is 5.91 Å². The molecule has 0 aromatic heterocycles. The van der Waals surface area contributed by atoms with Crippen LogP contribution in [0, 0.1) is 5.41 Å². The fraction of sp³-hybridized carbons (Fsp3) is 0.533. The van der Waals surface area contributed by atoms with Crippen molar-refractivity contribution in [1.29, 1.82) is 0 Å². The van der Waals surface area contributed by atoms with Gasteiger partial charge in [0.15, 0.2) is 0 Å². The van der Waals surface area contributed by atoms with Crippen LogP contribution in [0.25, 0.3) is 0 Å². The SMILES string of the molecule is C[C@H](NC(=O)C1(CN)CCCC1)c1cccc(Cl)c1. The van der Waals surface area contributed by atoms with Crippen molar-refractivity contribution in [1.82, 2.24) is 5.32 Å². The normalized spacial score (nSPS) is 19.1. The van der Waals surface area contributed by atoms with Gasteiger partial charge in [-0.05, 0) is 37.5 Å². The van der Waals surface area contributed by atoms with E-state index in [9.17, 15) is 4.79 Å². The number of nitrogens with one attached hydrogen (secondary N) is 1. The molecule has 1 fully saturated rings. The van der Waals surface area contributed by atoms with E-state index in [1.54, 1.807) is 0 Å². The Bertz CT molecular complexity index is 455. The van der Waals surface area contributed by atoms with E-state index in [4.69, 9.17) is 17.3 Å². The summed E-state index contributed by atoms with van der Waals surface area (Å²) in [6.07, 6.45) is 3.99. The van der Waals surface area contributed by atoms with Crippen LogP contribution >= 0.6 is 11.6 Å². The van der Waals surface area contributed by atoms with Gasteiger partial charge in [0.05, 0.1) is 11.5 Å². The molecule has 0 bridgehead atoms. The fourth-order valence-electron chi connectivity index (χ4n) is 2.78. The van der Waals surface area contributed by atoms with Crippen LogP contribution in [-0.4, -0.2) is 12.5 Å². The maximum absolute atomic E-state index is 12.4. The van der Waals surface area contributed by atoms with Crippen LogP contribution in [0.3, 0.4) is 0 Å². The lowest BCUT2D eigenvalue weighted by molar-refractivity contribution is -0.131. The highest BCUT2D eigenvalue weighted by molar-refractivity contribution is 6.30. The molecule has 1 amide bonds. The number of nitrogens with two attached hydrogens (primary N) is 1. The standard InChI is InChI=1S/C15H21ClN2O/c1-11(12-5-4-6-13(16)9-12)18-14(19)15(10-17)7-2-3-8-15/h4-6,9,11H,2-3,7-8,10,17H2,1H3,(H,18,19)/t11-/m0/s1. The van der Waals surface area contributed by atoms with E-state index >= 15 is 0 Å². The molecule has 0 aliphatic heterocycles.